The van der Waals surface area contributed by atoms with E-state index in [1.165, 1.54) is 0 Å². The molecule has 0 fully saturated rings. The molecule has 0 radical (unpaired) electrons. The molecule has 0 heterocycles. The molecule has 0 saturated carbocycles. The SMILES string of the molecule is CC(C)(C)N=NC[C@H](C[N+](=O)[O-])c1ccc(Cl)cc1Cl. The normalized spacial score (nSPS) is 13.7. The van der Waals surface area contributed by atoms with Crippen molar-refractivity contribution < 1.29 is 4.92 Å². The number of halogens is 2. The zero-order chi connectivity index (χ0) is 15.3. The molecular weight excluding hydrogens is 301 g/mol. The molecule has 20 heavy (non-hydrogen) atoms. The van der Waals surface area contributed by atoms with Gasteiger partial charge >= 0.3 is 0 Å². The van der Waals surface area contributed by atoms with E-state index in [9.17, 15) is 10.1 Å². The van der Waals surface area contributed by atoms with E-state index in [2.05, 4.69) is 10.2 Å². The molecule has 0 aliphatic carbocycles. The standard InChI is InChI=1S/C13H17Cl2N3O2/c1-13(2,3)17-16-7-9(8-18(19)20)11-5-4-10(14)6-12(11)15/h4-6,9H,7-8H2,1-3H3/t9-/m1/s1. The topological polar surface area (TPSA) is 67.9 Å². The summed E-state index contributed by atoms with van der Waals surface area (Å²) < 4.78 is 0. The summed E-state index contributed by atoms with van der Waals surface area (Å²) in [5, 5.41) is 19.9. The third kappa shape index (κ3) is 5.84. The van der Waals surface area contributed by atoms with E-state index in [1.54, 1.807) is 18.2 Å². The Balaban J connectivity index is 2.94. The molecule has 0 spiro atoms. The molecule has 110 valence electrons. The molecule has 1 atom stereocenters. The van der Waals surface area contributed by atoms with Crippen LogP contribution in [0.25, 0.3) is 0 Å². The minimum absolute atomic E-state index is 0.222. The molecule has 0 amide bonds. The number of rotatable bonds is 5. The van der Waals surface area contributed by atoms with E-state index in [0.717, 1.165) is 0 Å². The van der Waals surface area contributed by atoms with Gasteiger partial charge in [0.2, 0.25) is 6.54 Å². The summed E-state index contributed by atoms with van der Waals surface area (Å²) in [6.07, 6.45) is 0. The van der Waals surface area contributed by atoms with Crippen molar-refractivity contribution in [1.82, 2.24) is 0 Å². The van der Waals surface area contributed by atoms with Crippen molar-refractivity contribution in [2.45, 2.75) is 32.2 Å². The first-order valence-corrected chi connectivity index (χ1v) is 6.90. The van der Waals surface area contributed by atoms with Crippen LogP contribution in [0.15, 0.2) is 28.4 Å². The van der Waals surface area contributed by atoms with Crippen molar-refractivity contribution in [3.05, 3.63) is 43.9 Å². The number of hydrogen-bond acceptors (Lipinski definition) is 4. The summed E-state index contributed by atoms with van der Waals surface area (Å²) in [4.78, 5) is 10.4. The molecule has 0 saturated heterocycles. The van der Waals surface area contributed by atoms with E-state index < -0.39 is 5.92 Å². The Hall–Kier alpha value is -1.20. The fourth-order valence-corrected chi connectivity index (χ4v) is 2.18. The minimum Gasteiger partial charge on any atom is -0.265 e. The highest BCUT2D eigenvalue weighted by molar-refractivity contribution is 6.35. The van der Waals surface area contributed by atoms with Gasteiger partial charge in [0, 0.05) is 15.0 Å². The van der Waals surface area contributed by atoms with Crippen molar-refractivity contribution >= 4 is 23.2 Å². The lowest BCUT2D eigenvalue weighted by molar-refractivity contribution is -0.483. The van der Waals surface area contributed by atoms with Crippen LogP contribution >= 0.6 is 23.2 Å². The van der Waals surface area contributed by atoms with Gasteiger partial charge in [0.05, 0.1) is 18.0 Å². The molecule has 0 aliphatic rings. The maximum Gasteiger partial charge on any atom is 0.212 e. The first-order chi connectivity index (χ1) is 9.19. The van der Waals surface area contributed by atoms with Crippen LogP contribution in [0.2, 0.25) is 10.0 Å². The van der Waals surface area contributed by atoms with E-state index in [4.69, 9.17) is 23.2 Å². The second-order valence-corrected chi connectivity index (χ2v) is 6.32. The van der Waals surface area contributed by atoms with E-state index in [-0.39, 0.29) is 23.6 Å². The summed E-state index contributed by atoms with van der Waals surface area (Å²) >= 11 is 11.9. The summed E-state index contributed by atoms with van der Waals surface area (Å²) in [5.41, 5.74) is 0.365. The van der Waals surface area contributed by atoms with Crippen LogP contribution in [0.5, 0.6) is 0 Å². The predicted octanol–water partition coefficient (Wildman–Crippen LogP) is 4.60. The Labute approximate surface area is 128 Å². The van der Waals surface area contributed by atoms with Gasteiger partial charge in [0.15, 0.2) is 0 Å². The summed E-state index contributed by atoms with van der Waals surface area (Å²) in [6, 6.07) is 4.94. The molecule has 0 aromatic heterocycles. The quantitative estimate of drug-likeness (QED) is 0.452. The van der Waals surface area contributed by atoms with Gasteiger partial charge in [-0.2, -0.15) is 10.2 Å². The van der Waals surface area contributed by atoms with Crippen LogP contribution in [-0.2, 0) is 0 Å². The Morgan fingerprint density at radius 2 is 2.00 bits per heavy atom. The smallest absolute Gasteiger partial charge is 0.212 e. The van der Waals surface area contributed by atoms with Crippen LogP contribution in [-0.4, -0.2) is 23.6 Å². The predicted molar refractivity (Wildman–Crippen MR) is 80.5 cm³/mol. The maximum atomic E-state index is 10.8. The number of hydrogen-bond donors (Lipinski definition) is 0. The Morgan fingerprint density at radius 3 is 2.50 bits per heavy atom. The van der Waals surface area contributed by atoms with Crippen molar-refractivity contribution in [2.75, 3.05) is 13.1 Å². The van der Waals surface area contributed by atoms with Gasteiger partial charge in [0.25, 0.3) is 0 Å². The Morgan fingerprint density at radius 1 is 1.35 bits per heavy atom. The van der Waals surface area contributed by atoms with Crippen LogP contribution in [0.1, 0.15) is 32.3 Å². The fourth-order valence-electron chi connectivity index (χ4n) is 1.62. The highest BCUT2D eigenvalue weighted by Gasteiger charge is 2.21. The van der Waals surface area contributed by atoms with Gasteiger partial charge in [-0.15, -0.1) is 0 Å². The third-order valence-corrected chi connectivity index (χ3v) is 3.01. The summed E-state index contributed by atoms with van der Waals surface area (Å²) in [6.45, 7) is 5.71. The zero-order valence-electron chi connectivity index (χ0n) is 11.6. The highest BCUT2D eigenvalue weighted by atomic mass is 35.5. The maximum absolute atomic E-state index is 10.8. The van der Waals surface area contributed by atoms with Crippen LogP contribution in [0.3, 0.4) is 0 Å². The van der Waals surface area contributed by atoms with E-state index in [1.807, 2.05) is 20.8 Å². The Bertz CT molecular complexity index is 513. The van der Waals surface area contributed by atoms with Crippen molar-refractivity contribution in [2.24, 2.45) is 10.2 Å². The van der Waals surface area contributed by atoms with Gasteiger partial charge in [0.1, 0.15) is 0 Å². The fraction of sp³-hybridized carbons (Fsp3) is 0.538. The largest absolute Gasteiger partial charge is 0.265 e. The van der Waals surface area contributed by atoms with Gasteiger partial charge in [-0.1, -0.05) is 29.3 Å². The van der Waals surface area contributed by atoms with Crippen molar-refractivity contribution in [3.63, 3.8) is 0 Å². The molecule has 1 aromatic carbocycles. The zero-order valence-corrected chi connectivity index (χ0v) is 13.1. The molecule has 1 aromatic rings. The van der Waals surface area contributed by atoms with Gasteiger partial charge < -0.3 is 0 Å². The lowest BCUT2D eigenvalue weighted by Gasteiger charge is -2.14. The first-order valence-electron chi connectivity index (χ1n) is 6.14. The first kappa shape index (κ1) is 16.9. The molecule has 0 aliphatic heterocycles. The lowest BCUT2D eigenvalue weighted by atomic mass is 9.99. The molecular formula is C13H17Cl2N3O2. The molecule has 0 unspecified atom stereocenters. The Kier molecular flexibility index (Phi) is 5.89. The van der Waals surface area contributed by atoms with Crippen LogP contribution in [0, 0.1) is 10.1 Å². The second-order valence-electron chi connectivity index (χ2n) is 5.47. The second kappa shape index (κ2) is 6.99. The molecule has 5 nitrogen and oxygen atoms in total. The monoisotopic (exact) mass is 317 g/mol. The highest BCUT2D eigenvalue weighted by Crippen LogP contribution is 2.28. The molecule has 0 bridgehead atoms. The van der Waals surface area contributed by atoms with E-state index >= 15 is 0 Å². The molecule has 1 rings (SSSR count). The number of nitrogens with zero attached hydrogens (tertiary/aromatic N) is 3. The van der Waals surface area contributed by atoms with Gasteiger partial charge in [-0.3, -0.25) is 10.1 Å². The van der Waals surface area contributed by atoms with Crippen LogP contribution in [0.4, 0.5) is 0 Å². The van der Waals surface area contributed by atoms with Crippen molar-refractivity contribution in [3.8, 4) is 0 Å². The van der Waals surface area contributed by atoms with Crippen LogP contribution < -0.4 is 0 Å². The minimum atomic E-state index is -0.416. The number of nitro groups is 1. The van der Waals surface area contributed by atoms with Gasteiger partial charge in [-0.25, -0.2) is 0 Å². The molecule has 7 heteroatoms. The number of azo groups is 1. The van der Waals surface area contributed by atoms with Gasteiger partial charge in [-0.05, 0) is 38.5 Å². The number of benzene rings is 1. The molecule has 0 N–H and O–H groups in total. The average Bonchev–Trinajstić information content (AvgIpc) is 2.25. The lowest BCUT2D eigenvalue weighted by Crippen LogP contribution is -2.16. The summed E-state index contributed by atoms with van der Waals surface area (Å²) in [7, 11) is 0. The average molecular weight is 318 g/mol. The van der Waals surface area contributed by atoms with Crippen molar-refractivity contribution in [1.29, 1.82) is 0 Å². The summed E-state index contributed by atoms with van der Waals surface area (Å²) in [5.74, 6) is -0.416. The third-order valence-electron chi connectivity index (χ3n) is 2.44. The van der Waals surface area contributed by atoms with E-state index in [0.29, 0.717) is 15.6 Å².